The Morgan fingerprint density at radius 1 is 1.21 bits per heavy atom. The Morgan fingerprint density at radius 2 is 2.08 bits per heavy atom. The first-order valence-corrected chi connectivity index (χ1v) is 9.28. The Morgan fingerprint density at radius 3 is 2.92 bits per heavy atom. The van der Waals surface area contributed by atoms with Crippen LogP contribution in [-0.2, 0) is 25.8 Å². The fourth-order valence-corrected chi connectivity index (χ4v) is 4.63. The molecule has 1 N–H and O–H groups in total. The molecule has 4 rings (SSSR count). The van der Waals surface area contributed by atoms with Crippen LogP contribution in [0.15, 0.2) is 24.3 Å². The van der Waals surface area contributed by atoms with Crippen molar-refractivity contribution < 1.29 is 4.74 Å². The van der Waals surface area contributed by atoms with Crippen LogP contribution in [0.25, 0.3) is 10.2 Å². The molecule has 1 aliphatic carbocycles. The van der Waals surface area contributed by atoms with Crippen LogP contribution in [0.2, 0.25) is 0 Å². The second kappa shape index (κ2) is 6.40. The summed E-state index contributed by atoms with van der Waals surface area (Å²) < 4.78 is 5.45. The first-order chi connectivity index (χ1) is 11.8. The lowest BCUT2D eigenvalue weighted by molar-refractivity contribution is 0.410. The van der Waals surface area contributed by atoms with E-state index in [1.165, 1.54) is 28.7 Å². The van der Waals surface area contributed by atoms with Gasteiger partial charge in [0, 0.05) is 23.4 Å². The van der Waals surface area contributed by atoms with E-state index in [4.69, 9.17) is 14.7 Å². The lowest BCUT2D eigenvalue weighted by Crippen LogP contribution is -2.06. The van der Waals surface area contributed by atoms with Gasteiger partial charge in [0.05, 0.1) is 12.5 Å². The predicted octanol–water partition coefficient (Wildman–Crippen LogP) is 4.36. The molecule has 2 aromatic heterocycles. The van der Waals surface area contributed by atoms with Crippen LogP contribution in [0, 0.1) is 0 Å². The molecule has 0 radical (unpaired) electrons. The van der Waals surface area contributed by atoms with E-state index in [0.29, 0.717) is 6.54 Å². The molecule has 0 amide bonds. The molecular weight excluding hydrogens is 318 g/mol. The molecule has 124 valence electrons. The summed E-state index contributed by atoms with van der Waals surface area (Å²) in [5.74, 6) is 2.79. The largest absolute Gasteiger partial charge is 0.496 e. The maximum atomic E-state index is 5.45. The Bertz CT molecular complexity index is 888. The second-order valence-electron chi connectivity index (χ2n) is 6.04. The van der Waals surface area contributed by atoms with E-state index in [1.807, 2.05) is 29.5 Å². The maximum Gasteiger partial charge on any atom is 0.139 e. The molecule has 1 aromatic carbocycles. The third-order valence-electron chi connectivity index (χ3n) is 4.57. The van der Waals surface area contributed by atoms with Crippen molar-refractivity contribution in [3.63, 3.8) is 0 Å². The van der Waals surface area contributed by atoms with Crippen molar-refractivity contribution in [3.8, 4) is 5.75 Å². The van der Waals surface area contributed by atoms with Crippen molar-refractivity contribution in [2.45, 2.75) is 39.2 Å². The molecule has 3 aromatic rings. The van der Waals surface area contributed by atoms with Gasteiger partial charge in [0.25, 0.3) is 0 Å². The monoisotopic (exact) mass is 339 g/mol. The minimum absolute atomic E-state index is 0.698. The van der Waals surface area contributed by atoms with E-state index < -0.39 is 0 Å². The zero-order chi connectivity index (χ0) is 16.5. The highest BCUT2D eigenvalue weighted by atomic mass is 32.1. The summed E-state index contributed by atoms with van der Waals surface area (Å²) >= 11 is 1.84. The van der Waals surface area contributed by atoms with Crippen molar-refractivity contribution in [3.05, 3.63) is 46.1 Å². The summed E-state index contributed by atoms with van der Waals surface area (Å²) in [6, 6.07) is 8.11. The maximum absolute atomic E-state index is 5.45. The summed E-state index contributed by atoms with van der Waals surface area (Å²) in [5, 5.41) is 4.78. The summed E-state index contributed by atoms with van der Waals surface area (Å²) in [7, 11) is 1.71. The van der Waals surface area contributed by atoms with Gasteiger partial charge in [-0.1, -0.05) is 25.1 Å². The average Bonchev–Trinajstić information content (AvgIpc) is 3.20. The van der Waals surface area contributed by atoms with E-state index in [9.17, 15) is 0 Å². The van der Waals surface area contributed by atoms with Gasteiger partial charge >= 0.3 is 0 Å². The number of ether oxygens (including phenoxy) is 1. The summed E-state index contributed by atoms with van der Waals surface area (Å²) in [4.78, 5) is 12.2. The van der Waals surface area contributed by atoms with Gasteiger partial charge in [-0.25, -0.2) is 9.97 Å². The summed E-state index contributed by atoms with van der Waals surface area (Å²) in [6.07, 6.45) is 4.43. The molecule has 0 spiro atoms. The van der Waals surface area contributed by atoms with Crippen molar-refractivity contribution >= 4 is 27.4 Å². The van der Waals surface area contributed by atoms with Gasteiger partial charge in [-0.2, -0.15) is 0 Å². The van der Waals surface area contributed by atoms with E-state index >= 15 is 0 Å². The van der Waals surface area contributed by atoms with E-state index in [0.717, 1.165) is 40.6 Å². The molecule has 4 nitrogen and oxygen atoms in total. The minimum Gasteiger partial charge on any atom is -0.496 e. The zero-order valence-corrected chi connectivity index (χ0v) is 14.9. The molecule has 0 bridgehead atoms. The Balaban J connectivity index is 1.72. The van der Waals surface area contributed by atoms with Crippen LogP contribution >= 0.6 is 11.3 Å². The van der Waals surface area contributed by atoms with Gasteiger partial charge in [-0.05, 0) is 30.9 Å². The molecule has 1 aliphatic rings. The number of nitrogens with one attached hydrogen (secondary N) is 1. The highest BCUT2D eigenvalue weighted by Crippen LogP contribution is 2.39. The van der Waals surface area contributed by atoms with Crippen LogP contribution in [0.3, 0.4) is 0 Å². The number of thiophene rings is 1. The van der Waals surface area contributed by atoms with E-state index in [-0.39, 0.29) is 0 Å². The third kappa shape index (κ3) is 2.63. The van der Waals surface area contributed by atoms with Gasteiger partial charge in [0.15, 0.2) is 0 Å². The van der Waals surface area contributed by atoms with Gasteiger partial charge < -0.3 is 10.1 Å². The number of hydrogen-bond acceptors (Lipinski definition) is 5. The topological polar surface area (TPSA) is 47.0 Å². The third-order valence-corrected chi connectivity index (χ3v) is 5.75. The number of benzene rings is 1. The number of rotatable bonds is 5. The molecule has 0 atom stereocenters. The van der Waals surface area contributed by atoms with Crippen molar-refractivity contribution in [2.75, 3.05) is 12.4 Å². The fraction of sp³-hybridized carbons (Fsp3) is 0.368. The quantitative estimate of drug-likeness (QED) is 0.750. The Kier molecular flexibility index (Phi) is 4.10. The molecule has 0 fully saturated rings. The van der Waals surface area contributed by atoms with Crippen molar-refractivity contribution in [1.82, 2.24) is 9.97 Å². The van der Waals surface area contributed by atoms with Gasteiger partial charge in [0.2, 0.25) is 0 Å². The number of nitrogens with zero attached hydrogens (tertiary/aromatic N) is 2. The lowest BCUT2D eigenvalue weighted by atomic mass is 10.1. The predicted molar refractivity (Wildman–Crippen MR) is 99.1 cm³/mol. The van der Waals surface area contributed by atoms with Crippen LogP contribution in [0.4, 0.5) is 5.82 Å². The number of aryl methyl sites for hydroxylation is 3. The number of fused-ring (bicyclic) bond motifs is 3. The molecule has 24 heavy (non-hydrogen) atoms. The normalized spacial score (nSPS) is 13.2. The molecular formula is C19H21N3OS. The van der Waals surface area contributed by atoms with E-state index in [2.05, 4.69) is 18.3 Å². The summed E-state index contributed by atoms with van der Waals surface area (Å²) in [5.41, 5.74) is 2.59. The summed E-state index contributed by atoms with van der Waals surface area (Å²) in [6.45, 7) is 2.80. The molecule has 5 heteroatoms. The standard InChI is InChI=1S/C19H21N3OS/c1-3-16-21-18(20-11-12-7-4-5-9-14(12)23-2)17-13-8-6-10-15(13)24-19(17)22-16/h4-5,7,9H,3,6,8,10-11H2,1-2H3,(H,20,21,22). The first kappa shape index (κ1) is 15.4. The number of anilines is 1. The van der Waals surface area contributed by atoms with Crippen LogP contribution < -0.4 is 10.1 Å². The second-order valence-corrected chi connectivity index (χ2v) is 7.13. The van der Waals surface area contributed by atoms with Gasteiger partial charge in [-0.3, -0.25) is 0 Å². The number of methoxy groups -OCH3 is 1. The Labute approximate surface area is 145 Å². The smallest absolute Gasteiger partial charge is 0.139 e. The number of aromatic nitrogens is 2. The highest BCUT2D eigenvalue weighted by molar-refractivity contribution is 7.19. The molecule has 0 unspecified atom stereocenters. The molecule has 2 heterocycles. The number of para-hydroxylation sites is 1. The number of hydrogen-bond donors (Lipinski definition) is 1. The van der Waals surface area contributed by atoms with Gasteiger partial charge in [-0.15, -0.1) is 11.3 Å². The lowest BCUT2D eigenvalue weighted by Gasteiger charge is -2.12. The first-order valence-electron chi connectivity index (χ1n) is 8.47. The van der Waals surface area contributed by atoms with Crippen molar-refractivity contribution in [1.29, 1.82) is 0 Å². The zero-order valence-electron chi connectivity index (χ0n) is 14.1. The van der Waals surface area contributed by atoms with Crippen LogP contribution in [-0.4, -0.2) is 17.1 Å². The molecule has 0 saturated heterocycles. The highest BCUT2D eigenvalue weighted by Gasteiger charge is 2.22. The van der Waals surface area contributed by atoms with Crippen molar-refractivity contribution in [2.24, 2.45) is 0 Å². The van der Waals surface area contributed by atoms with Crippen LogP contribution in [0.5, 0.6) is 5.75 Å². The average molecular weight is 339 g/mol. The SMILES string of the molecule is CCc1nc(NCc2ccccc2OC)c2c3c(sc2n1)CCC3. The molecule has 0 saturated carbocycles. The fourth-order valence-electron chi connectivity index (χ4n) is 3.35. The Hall–Kier alpha value is -2.14. The van der Waals surface area contributed by atoms with Gasteiger partial charge in [0.1, 0.15) is 22.2 Å². The van der Waals surface area contributed by atoms with Crippen LogP contribution in [0.1, 0.15) is 35.2 Å². The van der Waals surface area contributed by atoms with E-state index in [1.54, 1.807) is 7.11 Å². The minimum atomic E-state index is 0.698. The molecule has 0 aliphatic heterocycles.